The highest BCUT2D eigenvalue weighted by atomic mass is 35.7. The molecule has 0 aromatic heterocycles. The molecule has 0 radical (unpaired) electrons. The van der Waals surface area contributed by atoms with Crippen LogP contribution in [-0.2, 0) is 9.09 Å². The van der Waals surface area contributed by atoms with Gasteiger partial charge in [0.1, 0.15) is 0 Å². The lowest BCUT2D eigenvalue weighted by Crippen LogP contribution is -1.89. The fourth-order valence-electron chi connectivity index (χ4n) is 1.44. The molecule has 0 N–H and O–H groups in total. The zero-order valence-electron chi connectivity index (χ0n) is 11.1. The van der Waals surface area contributed by atoms with E-state index in [0.717, 1.165) is 25.0 Å². The highest BCUT2D eigenvalue weighted by molar-refractivity contribution is 8.63. The van der Waals surface area contributed by atoms with Gasteiger partial charge in [0.15, 0.2) is 0 Å². The fraction of sp³-hybridized carbons (Fsp3) is 1.00. The molecule has 0 aliphatic heterocycles. The number of rotatable bonds is 12. The Labute approximate surface area is 115 Å². The van der Waals surface area contributed by atoms with Crippen LogP contribution >= 0.6 is 28.5 Å². The van der Waals surface area contributed by atoms with E-state index in [0.29, 0.717) is 6.61 Å². The van der Waals surface area contributed by atoms with Crippen LogP contribution in [0.25, 0.3) is 0 Å². The van der Waals surface area contributed by atoms with Gasteiger partial charge >= 0.3 is 5.92 Å². The molecular weight excluding hydrogens is 275 g/mol. The molecule has 1 atom stereocenters. The third-order valence-electron chi connectivity index (χ3n) is 2.49. The maximum Gasteiger partial charge on any atom is 0.346 e. The van der Waals surface area contributed by atoms with E-state index in [-0.39, 0.29) is 0 Å². The second kappa shape index (κ2) is 11.9. The van der Waals surface area contributed by atoms with Gasteiger partial charge in [-0.1, -0.05) is 63.8 Å². The van der Waals surface area contributed by atoms with Crippen molar-refractivity contribution in [2.45, 2.75) is 65.2 Å². The fourth-order valence-corrected chi connectivity index (χ4v) is 4.73. The molecule has 0 heterocycles. The Bertz CT molecular complexity index is 197. The van der Waals surface area contributed by atoms with Crippen molar-refractivity contribution in [1.82, 2.24) is 0 Å². The Kier molecular flexibility index (Phi) is 12.5. The smallest absolute Gasteiger partial charge is 0.310 e. The van der Waals surface area contributed by atoms with E-state index in [9.17, 15) is 4.57 Å². The number of hydrogen-bond acceptors (Lipinski definition) is 3. The first-order valence-corrected chi connectivity index (χ1v) is 10.8. The summed E-state index contributed by atoms with van der Waals surface area (Å²) in [5.41, 5.74) is 0. The van der Waals surface area contributed by atoms with Gasteiger partial charge in [-0.15, -0.1) is 0 Å². The van der Waals surface area contributed by atoms with Crippen LogP contribution < -0.4 is 0 Å². The van der Waals surface area contributed by atoms with Gasteiger partial charge in [0.25, 0.3) is 0 Å². The van der Waals surface area contributed by atoms with E-state index in [2.05, 4.69) is 13.8 Å². The molecule has 0 saturated heterocycles. The van der Waals surface area contributed by atoms with Gasteiger partial charge in [-0.2, -0.15) is 0 Å². The summed E-state index contributed by atoms with van der Waals surface area (Å²) in [4.78, 5) is 0. The first-order valence-electron chi connectivity index (χ1n) is 6.71. The van der Waals surface area contributed by atoms with E-state index < -0.39 is 5.92 Å². The number of hydrogen-bond donors (Lipinski definition) is 0. The highest BCUT2D eigenvalue weighted by Gasteiger charge is 2.19. The third kappa shape index (κ3) is 13.1. The first kappa shape index (κ1) is 17.8. The topological polar surface area (TPSA) is 26.3 Å². The second-order valence-electron chi connectivity index (χ2n) is 4.22. The minimum Gasteiger partial charge on any atom is -0.310 e. The van der Waals surface area contributed by atoms with Crippen molar-refractivity contribution in [3.63, 3.8) is 0 Å². The largest absolute Gasteiger partial charge is 0.346 e. The summed E-state index contributed by atoms with van der Waals surface area (Å²) in [7, 11) is 0. The molecule has 0 amide bonds. The van der Waals surface area contributed by atoms with Crippen molar-refractivity contribution in [3.05, 3.63) is 0 Å². The van der Waals surface area contributed by atoms with E-state index in [1.807, 2.05) is 0 Å². The van der Waals surface area contributed by atoms with Crippen LogP contribution in [-0.4, -0.2) is 12.4 Å². The van der Waals surface area contributed by atoms with Gasteiger partial charge in [-0.05, 0) is 24.1 Å². The average molecular weight is 301 g/mol. The lowest BCUT2D eigenvalue weighted by atomic mass is 10.2. The van der Waals surface area contributed by atoms with E-state index >= 15 is 0 Å². The number of halogens is 1. The molecule has 5 heteroatoms. The Balaban J connectivity index is 3.42. The van der Waals surface area contributed by atoms with Crippen LogP contribution in [0, 0.1) is 0 Å². The Morgan fingerprint density at radius 3 is 2.18 bits per heavy atom. The van der Waals surface area contributed by atoms with Crippen molar-refractivity contribution >= 4 is 28.5 Å². The van der Waals surface area contributed by atoms with Crippen LogP contribution in [0.2, 0.25) is 0 Å². The standard InChI is InChI=1S/C12H26ClO2PS/c1-3-5-7-9-11-15-16(13,14)17-12-10-8-6-4-2/h3-12H2,1-2H3. The summed E-state index contributed by atoms with van der Waals surface area (Å²) in [6, 6.07) is 0. The molecule has 0 aliphatic rings. The Morgan fingerprint density at radius 2 is 1.59 bits per heavy atom. The van der Waals surface area contributed by atoms with Crippen molar-refractivity contribution in [3.8, 4) is 0 Å². The van der Waals surface area contributed by atoms with Crippen molar-refractivity contribution < 1.29 is 9.09 Å². The minimum absolute atomic E-state index is 0.530. The maximum atomic E-state index is 11.8. The van der Waals surface area contributed by atoms with Gasteiger partial charge < -0.3 is 4.52 Å². The van der Waals surface area contributed by atoms with E-state index in [1.165, 1.54) is 43.5 Å². The van der Waals surface area contributed by atoms with Crippen LogP contribution in [0.3, 0.4) is 0 Å². The molecule has 104 valence electrons. The van der Waals surface area contributed by atoms with Crippen molar-refractivity contribution in [2.75, 3.05) is 12.4 Å². The summed E-state index contributed by atoms with van der Waals surface area (Å²) < 4.78 is 17.1. The molecule has 0 aromatic carbocycles. The maximum absolute atomic E-state index is 11.8. The van der Waals surface area contributed by atoms with Crippen LogP contribution in [0.4, 0.5) is 0 Å². The van der Waals surface area contributed by atoms with Crippen molar-refractivity contribution in [2.24, 2.45) is 0 Å². The first-order chi connectivity index (χ1) is 8.12. The zero-order valence-corrected chi connectivity index (χ0v) is 13.6. The molecule has 0 aliphatic carbocycles. The Morgan fingerprint density at radius 1 is 1.00 bits per heavy atom. The summed E-state index contributed by atoms with van der Waals surface area (Å²) in [6.07, 6.45) is 9.23. The third-order valence-corrected chi connectivity index (χ3v) is 6.72. The molecule has 0 bridgehead atoms. The molecule has 0 aromatic rings. The van der Waals surface area contributed by atoms with Crippen molar-refractivity contribution in [1.29, 1.82) is 0 Å². The summed E-state index contributed by atoms with van der Waals surface area (Å²) in [5.74, 6) is -2.06. The summed E-state index contributed by atoms with van der Waals surface area (Å²) in [6.45, 7) is 4.88. The van der Waals surface area contributed by atoms with Gasteiger partial charge in [0.2, 0.25) is 0 Å². The van der Waals surface area contributed by atoms with Gasteiger partial charge in [-0.3, -0.25) is 4.57 Å². The van der Waals surface area contributed by atoms with E-state index in [1.54, 1.807) is 0 Å². The molecule has 2 nitrogen and oxygen atoms in total. The number of unbranched alkanes of at least 4 members (excludes halogenated alkanes) is 6. The predicted octanol–water partition coefficient (Wildman–Crippen LogP) is 6.24. The van der Waals surface area contributed by atoms with Crippen LogP contribution in [0.15, 0.2) is 0 Å². The highest BCUT2D eigenvalue weighted by Crippen LogP contribution is 2.64. The quantitative estimate of drug-likeness (QED) is 0.315. The van der Waals surface area contributed by atoms with Gasteiger partial charge in [-0.25, -0.2) is 0 Å². The summed E-state index contributed by atoms with van der Waals surface area (Å²) >= 11 is 7.15. The Hall–Kier alpha value is 0.830. The molecule has 1 unspecified atom stereocenters. The molecule has 0 fully saturated rings. The molecule has 0 spiro atoms. The lowest BCUT2D eigenvalue weighted by Gasteiger charge is -2.10. The summed E-state index contributed by atoms with van der Waals surface area (Å²) in [5, 5.41) is 0. The molecule has 0 rings (SSSR count). The van der Waals surface area contributed by atoms with E-state index in [4.69, 9.17) is 15.8 Å². The minimum atomic E-state index is -2.90. The van der Waals surface area contributed by atoms with Crippen LogP contribution in [0.1, 0.15) is 65.2 Å². The SMILES string of the molecule is CCCCCCOP(=O)(Cl)SCCCCCC. The molecule has 0 saturated carbocycles. The monoisotopic (exact) mass is 300 g/mol. The molecular formula is C12H26ClO2PS. The second-order valence-corrected chi connectivity index (χ2v) is 10.2. The van der Waals surface area contributed by atoms with Crippen LogP contribution in [0.5, 0.6) is 0 Å². The van der Waals surface area contributed by atoms with Gasteiger partial charge in [0.05, 0.1) is 6.61 Å². The molecule has 17 heavy (non-hydrogen) atoms. The zero-order chi connectivity index (χ0) is 13.0. The van der Waals surface area contributed by atoms with Gasteiger partial charge in [0, 0.05) is 5.75 Å². The lowest BCUT2D eigenvalue weighted by molar-refractivity contribution is 0.321. The predicted molar refractivity (Wildman–Crippen MR) is 80.2 cm³/mol. The average Bonchev–Trinajstić information content (AvgIpc) is 2.28. The normalized spacial score (nSPS) is 14.8.